The first kappa shape index (κ1) is 19.9. The van der Waals surface area contributed by atoms with Gasteiger partial charge in [0.25, 0.3) is 11.5 Å². The van der Waals surface area contributed by atoms with Crippen LogP contribution in [0.4, 0.5) is 5.69 Å². The summed E-state index contributed by atoms with van der Waals surface area (Å²) in [6.45, 7) is 2.61. The summed E-state index contributed by atoms with van der Waals surface area (Å²) in [6, 6.07) is 13.1. The maximum Gasteiger partial charge on any atom is 0.291 e. The molecule has 0 saturated carbocycles. The Bertz CT molecular complexity index is 1460. The van der Waals surface area contributed by atoms with Crippen LogP contribution in [-0.4, -0.2) is 34.2 Å². The number of amides is 1. The summed E-state index contributed by atoms with van der Waals surface area (Å²) in [5.74, 6) is 0.870. The van der Waals surface area contributed by atoms with Crippen LogP contribution in [-0.2, 0) is 4.79 Å². The molecule has 9 heteroatoms. The highest BCUT2D eigenvalue weighted by Gasteiger charge is 2.34. The molecule has 1 amide bonds. The van der Waals surface area contributed by atoms with Gasteiger partial charge in [0.2, 0.25) is 4.96 Å². The maximum absolute atomic E-state index is 13.3. The SMILES string of the molecule is CCCN1C(=O)/C(=c2\sc3nc(-c4ccccc4OC)nn3c2=O)c2cc(Br)ccc21. The highest BCUT2D eigenvalue weighted by Crippen LogP contribution is 2.37. The Morgan fingerprint density at radius 3 is 2.68 bits per heavy atom. The topological polar surface area (TPSA) is 76.8 Å². The maximum atomic E-state index is 13.3. The van der Waals surface area contributed by atoms with E-state index in [4.69, 9.17) is 4.74 Å². The average molecular weight is 497 g/mol. The molecule has 156 valence electrons. The number of halogens is 1. The van der Waals surface area contributed by atoms with Crippen LogP contribution in [0, 0.1) is 0 Å². The average Bonchev–Trinajstić information content (AvgIpc) is 3.40. The molecule has 0 saturated heterocycles. The number of ether oxygens (including phenoxy) is 1. The molecular weight excluding hydrogens is 480 g/mol. The van der Waals surface area contributed by atoms with Crippen molar-refractivity contribution in [2.45, 2.75) is 13.3 Å². The minimum Gasteiger partial charge on any atom is -0.496 e. The Morgan fingerprint density at radius 2 is 1.94 bits per heavy atom. The van der Waals surface area contributed by atoms with E-state index in [0.29, 0.717) is 38.7 Å². The van der Waals surface area contributed by atoms with Crippen molar-refractivity contribution in [2.75, 3.05) is 18.6 Å². The molecular formula is C22H17BrN4O3S. The lowest BCUT2D eigenvalue weighted by atomic mass is 10.1. The molecule has 0 bridgehead atoms. The van der Waals surface area contributed by atoms with Gasteiger partial charge in [0.05, 0.1) is 23.9 Å². The normalized spacial score (nSPS) is 15.1. The smallest absolute Gasteiger partial charge is 0.291 e. The van der Waals surface area contributed by atoms with Crippen LogP contribution in [0.1, 0.15) is 18.9 Å². The van der Waals surface area contributed by atoms with Crippen molar-refractivity contribution < 1.29 is 9.53 Å². The minimum absolute atomic E-state index is 0.165. The van der Waals surface area contributed by atoms with Crippen LogP contribution in [0.25, 0.3) is 21.9 Å². The van der Waals surface area contributed by atoms with Gasteiger partial charge in [-0.05, 0) is 36.8 Å². The lowest BCUT2D eigenvalue weighted by Gasteiger charge is -2.15. The Morgan fingerprint density at radius 1 is 1.13 bits per heavy atom. The number of nitrogens with zero attached hydrogens (tertiary/aromatic N) is 4. The monoisotopic (exact) mass is 496 g/mol. The number of hydrogen-bond donors (Lipinski definition) is 0. The second-order valence-corrected chi connectivity index (χ2v) is 8.95. The Hall–Kier alpha value is -3.04. The fraction of sp³-hybridized carbons (Fsp3) is 0.182. The largest absolute Gasteiger partial charge is 0.496 e. The number of anilines is 1. The van der Waals surface area contributed by atoms with Crippen LogP contribution in [0.2, 0.25) is 0 Å². The van der Waals surface area contributed by atoms with Gasteiger partial charge >= 0.3 is 0 Å². The van der Waals surface area contributed by atoms with E-state index in [0.717, 1.165) is 22.1 Å². The number of thiazole rings is 1. The Labute approximate surface area is 189 Å². The van der Waals surface area contributed by atoms with Crippen LogP contribution < -0.4 is 19.7 Å². The summed E-state index contributed by atoms with van der Waals surface area (Å²) < 4.78 is 7.85. The van der Waals surface area contributed by atoms with E-state index in [9.17, 15) is 9.59 Å². The Kier molecular flexibility index (Phi) is 4.86. The first-order valence-electron chi connectivity index (χ1n) is 9.72. The standard InChI is InChI=1S/C22H17BrN4O3S/c1-3-10-26-15-9-8-12(23)11-14(15)17(20(26)28)18-21(29)27-22(31-18)24-19(25-27)13-6-4-5-7-16(13)30-2/h4-9,11H,3,10H2,1-2H3/b18-17-. The molecule has 31 heavy (non-hydrogen) atoms. The first-order valence-corrected chi connectivity index (χ1v) is 11.3. The quantitative estimate of drug-likeness (QED) is 0.433. The van der Waals surface area contributed by atoms with Crippen molar-refractivity contribution in [1.29, 1.82) is 0 Å². The van der Waals surface area contributed by atoms with Crippen LogP contribution in [0.5, 0.6) is 5.75 Å². The molecule has 1 aliphatic heterocycles. The third-order valence-corrected chi connectivity index (χ3v) is 6.68. The molecule has 0 N–H and O–H groups in total. The van der Waals surface area contributed by atoms with Crippen LogP contribution in [0.15, 0.2) is 51.7 Å². The van der Waals surface area contributed by atoms with E-state index in [1.54, 1.807) is 12.0 Å². The molecule has 7 nitrogen and oxygen atoms in total. The molecule has 2 aromatic heterocycles. The molecule has 0 fully saturated rings. The summed E-state index contributed by atoms with van der Waals surface area (Å²) in [5, 5.41) is 4.41. The third-order valence-electron chi connectivity index (χ3n) is 5.16. The van der Waals surface area contributed by atoms with Crippen LogP contribution >= 0.6 is 27.3 Å². The van der Waals surface area contributed by atoms with Gasteiger partial charge in [-0.15, -0.1) is 5.10 Å². The molecule has 0 unspecified atom stereocenters. The number of rotatable bonds is 4. The number of methoxy groups -OCH3 is 1. The summed E-state index contributed by atoms with van der Waals surface area (Å²) in [7, 11) is 1.58. The van der Waals surface area contributed by atoms with E-state index in [1.807, 2.05) is 49.4 Å². The summed E-state index contributed by atoms with van der Waals surface area (Å²) >= 11 is 4.66. The molecule has 1 aliphatic rings. The zero-order valence-corrected chi connectivity index (χ0v) is 19.2. The van der Waals surface area contributed by atoms with Gasteiger partial charge in [-0.1, -0.05) is 46.3 Å². The molecule has 4 aromatic rings. The second kappa shape index (κ2) is 7.58. The number of benzene rings is 2. The molecule has 0 spiro atoms. The van der Waals surface area contributed by atoms with Gasteiger partial charge in [-0.25, -0.2) is 0 Å². The lowest BCUT2D eigenvalue weighted by Crippen LogP contribution is -2.32. The predicted molar refractivity (Wildman–Crippen MR) is 124 cm³/mol. The number of para-hydroxylation sites is 1. The minimum atomic E-state index is -0.346. The Balaban J connectivity index is 1.74. The van der Waals surface area contributed by atoms with Gasteiger partial charge in [0.1, 0.15) is 10.3 Å². The van der Waals surface area contributed by atoms with Gasteiger partial charge in [0.15, 0.2) is 5.82 Å². The third kappa shape index (κ3) is 3.07. The van der Waals surface area contributed by atoms with Crippen molar-refractivity contribution in [3.05, 3.63) is 67.4 Å². The molecule has 2 aromatic carbocycles. The zero-order valence-electron chi connectivity index (χ0n) is 16.8. The predicted octanol–water partition coefficient (Wildman–Crippen LogP) is 3.26. The summed E-state index contributed by atoms with van der Waals surface area (Å²) in [6.07, 6.45) is 0.816. The van der Waals surface area contributed by atoms with Crippen molar-refractivity contribution in [3.8, 4) is 17.1 Å². The van der Waals surface area contributed by atoms with Crippen LogP contribution in [0.3, 0.4) is 0 Å². The fourth-order valence-electron chi connectivity index (χ4n) is 3.80. The first-order chi connectivity index (χ1) is 15.0. The van der Waals surface area contributed by atoms with Gasteiger partial charge < -0.3 is 9.64 Å². The van der Waals surface area contributed by atoms with Gasteiger partial charge in [0, 0.05) is 16.6 Å². The summed E-state index contributed by atoms with van der Waals surface area (Å²) in [4.78, 5) is 33.2. The van der Waals surface area contributed by atoms with Crippen molar-refractivity contribution >= 4 is 49.4 Å². The van der Waals surface area contributed by atoms with E-state index < -0.39 is 0 Å². The van der Waals surface area contributed by atoms with E-state index in [-0.39, 0.29) is 11.5 Å². The van der Waals surface area contributed by atoms with Crippen molar-refractivity contribution in [1.82, 2.24) is 14.6 Å². The van der Waals surface area contributed by atoms with Crippen molar-refractivity contribution in [3.63, 3.8) is 0 Å². The molecule has 5 rings (SSSR count). The van der Waals surface area contributed by atoms with E-state index in [1.165, 1.54) is 15.9 Å². The number of carbonyl (C=O) groups is 1. The number of fused-ring (bicyclic) bond motifs is 2. The highest BCUT2D eigenvalue weighted by atomic mass is 79.9. The second-order valence-electron chi connectivity index (χ2n) is 7.06. The molecule has 0 atom stereocenters. The fourth-order valence-corrected chi connectivity index (χ4v) is 5.16. The molecule has 0 radical (unpaired) electrons. The van der Waals surface area contributed by atoms with Gasteiger partial charge in [-0.3, -0.25) is 9.59 Å². The number of aromatic nitrogens is 3. The van der Waals surface area contributed by atoms with Gasteiger partial charge in [-0.2, -0.15) is 9.50 Å². The molecule has 3 heterocycles. The number of carbonyl (C=O) groups excluding carboxylic acids is 1. The number of hydrogen-bond acceptors (Lipinski definition) is 6. The zero-order chi connectivity index (χ0) is 21.7. The van der Waals surface area contributed by atoms with E-state index >= 15 is 0 Å². The lowest BCUT2D eigenvalue weighted by molar-refractivity contribution is -0.113. The van der Waals surface area contributed by atoms with E-state index in [2.05, 4.69) is 26.0 Å². The highest BCUT2D eigenvalue weighted by molar-refractivity contribution is 9.10. The molecule has 0 aliphatic carbocycles. The summed E-state index contributed by atoms with van der Waals surface area (Å²) in [5.41, 5.74) is 2.33. The van der Waals surface area contributed by atoms with Crippen molar-refractivity contribution in [2.24, 2.45) is 0 Å².